The topological polar surface area (TPSA) is 80.0 Å². The highest BCUT2D eigenvalue weighted by Gasteiger charge is 2.02. The van der Waals surface area contributed by atoms with Crippen LogP contribution in [0.25, 0.3) is 5.82 Å². The molecule has 7 nitrogen and oxygen atoms in total. The molecule has 2 N–H and O–H groups in total. The molecule has 0 aliphatic rings. The standard InChI is InChI=1S/C18H21N7/c1-19-18(22-11-7-16-5-2-3-8-20-16)23-14-15-6-10-21-17(13-15)25-12-4-9-24-25/h2-6,8-10,12-13H,7,11,14H2,1H3,(H2,19,22,23). The first kappa shape index (κ1) is 16.6. The van der Waals surface area contributed by atoms with Gasteiger partial charge >= 0.3 is 0 Å². The molecule has 0 unspecified atom stereocenters. The van der Waals surface area contributed by atoms with E-state index in [0.29, 0.717) is 6.54 Å². The van der Waals surface area contributed by atoms with Crippen LogP contribution in [0.3, 0.4) is 0 Å². The Morgan fingerprint density at radius 3 is 2.80 bits per heavy atom. The molecule has 25 heavy (non-hydrogen) atoms. The van der Waals surface area contributed by atoms with Gasteiger partial charge in [0.05, 0.1) is 0 Å². The smallest absolute Gasteiger partial charge is 0.191 e. The predicted molar refractivity (Wildman–Crippen MR) is 97.5 cm³/mol. The van der Waals surface area contributed by atoms with Crippen molar-refractivity contribution in [1.29, 1.82) is 0 Å². The van der Waals surface area contributed by atoms with Crippen LogP contribution in [0.1, 0.15) is 11.3 Å². The number of aliphatic imine (C=N–C) groups is 1. The molecular weight excluding hydrogens is 314 g/mol. The van der Waals surface area contributed by atoms with E-state index < -0.39 is 0 Å². The minimum atomic E-state index is 0.653. The molecule has 0 atom stereocenters. The van der Waals surface area contributed by atoms with Crippen molar-refractivity contribution in [2.75, 3.05) is 13.6 Å². The Bertz CT molecular complexity index is 797. The number of guanidine groups is 1. The highest BCUT2D eigenvalue weighted by Crippen LogP contribution is 2.05. The summed E-state index contributed by atoms with van der Waals surface area (Å²) in [7, 11) is 1.76. The SMILES string of the molecule is CN=C(NCCc1ccccn1)NCc1ccnc(-n2cccn2)c1. The lowest BCUT2D eigenvalue weighted by molar-refractivity contribution is 0.780. The largest absolute Gasteiger partial charge is 0.356 e. The first-order valence-corrected chi connectivity index (χ1v) is 8.14. The molecule has 0 radical (unpaired) electrons. The molecule has 0 aliphatic carbocycles. The van der Waals surface area contributed by atoms with Crippen LogP contribution in [0, 0.1) is 0 Å². The lowest BCUT2D eigenvalue weighted by Gasteiger charge is -2.12. The van der Waals surface area contributed by atoms with Gasteiger partial charge in [-0.2, -0.15) is 5.10 Å². The summed E-state index contributed by atoms with van der Waals surface area (Å²) in [5.74, 6) is 1.55. The molecule has 7 heteroatoms. The summed E-state index contributed by atoms with van der Waals surface area (Å²) in [6.45, 7) is 1.42. The fourth-order valence-electron chi connectivity index (χ4n) is 2.36. The Hall–Kier alpha value is -3.22. The van der Waals surface area contributed by atoms with Crippen LogP contribution in [0.2, 0.25) is 0 Å². The maximum atomic E-state index is 4.33. The van der Waals surface area contributed by atoms with Crippen molar-refractivity contribution in [3.8, 4) is 5.82 Å². The van der Waals surface area contributed by atoms with Crippen LogP contribution in [-0.4, -0.2) is 39.3 Å². The number of hydrogen-bond acceptors (Lipinski definition) is 4. The van der Waals surface area contributed by atoms with E-state index in [1.807, 2.05) is 48.8 Å². The Morgan fingerprint density at radius 2 is 2.04 bits per heavy atom. The van der Waals surface area contributed by atoms with Gasteiger partial charge in [0, 0.05) is 57.0 Å². The van der Waals surface area contributed by atoms with Crippen molar-refractivity contribution < 1.29 is 0 Å². The van der Waals surface area contributed by atoms with Gasteiger partial charge in [-0.25, -0.2) is 9.67 Å². The Labute approximate surface area is 146 Å². The van der Waals surface area contributed by atoms with Crippen molar-refractivity contribution in [2.24, 2.45) is 4.99 Å². The van der Waals surface area contributed by atoms with E-state index in [2.05, 4.69) is 30.7 Å². The number of nitrogens with one attached hydrogen (secondary N) is 2. The molecule has 3 heterocycles. The average Bonchev–Trinajstić information content (AvgIpc) is 3.20. The summed E-state index contributed by atoms with van der Waals surface area (Å²) < 4.78 is 1.74. The van der Waals surface area contributed by atoms with Crippen LogP contribution < -0.4 is 10.6 Å². The minimum Gasteiger partial charge on any atom is -0.356 e. The molecule has 0 spiro atoms. The summed E-state index contributed by atoms with van der Waals surface area (Å²) >= 11 is 0. The zero-order chi connectivity index (χ0) is 17.3. The number of pyridine rings is 2. The highest BCUT2D eigenvalue weighted by molar-refractivity contribution is 5.79. The molecule has 3 rings (SSSR count). The third-order valence-electron chi connectivity index (χ3n) is 3.63. The monoisotopic (exact) mass is 335 g/mol. The highest BCUT2D eigenvalue weighted by atomic mass is 15.3. The summed E-state index contributed by atoms with van der Waals surface area (Å²) in [6, 6.07) is 11.8. The number of hydrogen-bond donors (Lipinski definition) is 2. The van der Waals surface area contributed by atoms with E-state index in [9.17, 15) is 0 Å². The van der Waals surface area contributed by atoms with E-state index in [0.717, 1.165) is 36.0 Å². The molecule has 0 aliphatic heterocycles. The van der Waals surface area contributed by atoms with E-state index in [-0.39, 0.29) is 0 Å². The first-order chi connectivity index (χ1) is 12.3. The third-order valence-corrected chi connectivity index (χ3v) is 3.63. The molecule has 0 amide bonds. The molecule has 128 valence electrons. The fourth-order valence-corrected chi connectivity index (χ4v) is 2.36. The zero-order valence-corrected chi connectivity index (χ0v) is 14.1. The molecule has 0 saturated carbocycles. The van der Waals surface area contributed by atoms with Crippen molar-refractivity contribution in [1.82, 2.24) is 30.4 Å². The van der Waals surface area contributed by atoms with Crippen molar-refractivity contribution in [2.45, 2.75) is 13.0 Å². The quantitative estimate of drug-likeness (QED) is 0.528. The van der Waals surface area contributed by atoms with E-state index in [1.54, 1.807) is 24.1 Å². The van der Waals surface area contributed by atoms with Gasteiger partial charge in [-0.05, 0) is 35.9 Å². The average molecular weight is 335 g/mol. The molecule has 0 fully saturated rings. The normalized spacial score (nSPS) is 11.3. The zero-order valence-electron chi connectivity index (χ0n) is 14.1. The van der Waals surface area contributed by atoms with Gasteiger partial charge < -0.3 is 10.6 Å². The fraction of sp³-hybridized carbons (Fsp3) is 0.222. The van der Waals surface area contributed by atoms with Gasteiger partial charge in [0.2, 0.25) is 0 Å². The maximum absolute atomic E-state index is 4.33. The summed E-state index contributed by atoms with van der Waals surface area (Å²) in [5.41, 5.74) is 2.16. The minimum absolute atomic E-state index is 0.653. The summed E-state index contributed by atoms with van der Waals surface area (Å²) in [6.07, 6.45) is 8.05. The van der Waals surface area contributed by atoms with Gasteiger partial charge in [0.1, 0.15) is 0 Å². The molecule has 0 bridgehead atoms. The molecule has 3 aromatic heterocycles. The second-order valence-electron chi connectivity index (χ2n) is 5.40. The van der Waals surface area contributed by atoms with Crippen LogP contribution >= 0.6 is 0 Å². The molecule has 0 saturated heterocycles. The number of aromatic nitrogens is 4. The first-order valence-electron chi connectivity index (χ1n) is 8.14. The number of nitrogens with zero attached hydrogens (tertiary/aromatic N) is 5. The number of rotatable bonds is 6. The van der Waals surface area contributed by atoms with E-state index >= 15 is 0 Å². The van der Waals surface area contributed by atoms with Crippen LogP contribution in [0.4, 0.5) is 0 Å². The van der Waals surface area contributed by atoms with Gasteiger partial charge in [-0.1, -0.05) is 6.07 Å². The van der Waals surface area contributed by atoms with Crippen molar-refractivity contribution in [3.63, 3.8) is 0 Å². The van der Waals surface area contributed by atoms with Crippen LogP contribution in [-0.2, 0) is 13.0 Å². The Morgan fingerprint density at radius 1 is 1.08 bits per heavy atom. The summed E-state index contributed by atoms with van der Waals surface area (Å²) in [4.78, 5) is 12.9. The van der Waals surface area contributed by atoms with Gasteiger partial charge in [-0.3, -0.25) is 9.98 Å². The van der Waals surface area contributed by atoms with Crippen molar-refractivity contribution in [3.05, 3.63) is 72.4 Å². The van der Waals surface area contributed by atoms with Crippen LogP contribution in [0.15, 0.2) is 66.2 Å². The second kappa shape index (κ2) is 8.58. The Kier molecular flexibility index (Phi) is 5.71. The summed E-state index contributed by atoms with van der Waals surface area (Å²) in [5, 5.41) is 10.8. The maximum Gasteiger partial charge on any atom is 0.191 e. The lowest BCUT2D eigenvalue weighted by atomic mass is 10.2. The van der Waals surface area contributed by atoms with Crippen molar-refractivity contribution >= 4 is 5.96 Å². The van der Waals surface area contributed by atoms with Crippen LogP contribution in [0.5, 0.6) is 0 Å². The molecule has 0 aromatic carbocycles. The predicted octanol–water partition coefficient (Wildman–Crippen LogP) is 1.57. The third kappa shape index (κ3) is 4.87. The molecular formula is C18H21N7. The van der Waals surface area contributed by atoms with Gasteiger partial charge in [-0.15, -0.1) is 0 Å². The molecule has 3 aromatic rings. The van der Waals surface area contributed by atoms with E-state index in [1.165, 1.54) is 0 Å². The Balaban J connectivity index is 1.50. The van der Waals surface area contributed by atoms with Gasteiger partial charge in [0.15, 0.2) is 11.8 Å². The second-order valence-corrected chi connectivity index (χ2v) is 5.40. The lowest BCUT2D eigenvalue weighted by Crippen LogP contribution is -2.37. The van der Waals surface area contributed by atoms with Gasteiger partial charge in [0.25, 0.3) is 0 Å². The van der Waals surface area contributed by atoms with E-state index in [4.69, 9.17) is 0 Å².